The number of amides is 1. The van der Waals surface area contributed by atoms with E-state index in [0.29, 0.717) is 18.6 Å². The summed E-state index contributed by atoms with van der Waals surface area (Å²) < 4.78 is 15.6. The van der Waals surface area contributed by atoms with Crippen molar-refractivity contribution in [1.29, 1.82) is 0 Å². The summed E-state index contributed by atoms with van der Waals surface area (Å²) in [5.74, 6) is -0.966. The van der Waals surface area contributed by atoms with Crippen molar-refractivity contribution < 1.29 is 9.18 Å². The summed E-state index contributed by atoms with van der Waals surface area (Å²) in [5.41, 5.74) is 1.00. The summed E-state index contributed by atoms with van der Waals surface area (Å²) in [6.07, 6.45) is 4.28. The minimum Gasteiger partial charge on any atom is -0.305 e. The Bertz CT molecular complexity index is 1010. The van der Waals surface area contributed by atoms with Crippen LogP contribution in [0.15, 0.2) is 53.6 Å². The van der Waals surface area contributed by atoms with Crippen LogP contribution in [-0.4, -0.2) is 21.8 Å². The lowest BCUT2D eigenvalue weighted by Crippen LogP contribution is -2.39. The molecule has 0 spiro atoms. The van der Waals surface area contributed by atoms with Crippen molar-refractivity contribution in [3.05, 3.63) is 76.1 Å². The molecule has 0 bridgehead atoms. The molecule has 0 aliphatic carbocycles. The predicted molar refractivity (Wildman–Crippen MR) is 87.9 cm³/mol. The number of benzene rings is 1. The Kier molecular flexibility index (Phi) is 3.37. The third kappa shape index (κ3) is 2.19. The van der Waals surface area contributed by atoms with Crippen LogP contribution in [0.25, 0.3) is 5.65 Å². The number of pyridine rings is 1. The first kappa shape index (κ1) is 14.6. The second-order valence-electron chi connectivity index (χ2n) is 5.71. The Morgan fingerprint density at radius 3 is 2.92 bits per heavy atom. The van der Waals surface area contributed by atoms with Gasteiger partial charge in [0.25, 0.3) is 11.5 Å². The maximum absolute atomic E-state index is 14.3. The highest BCUT2D eigenvalue weighted by molar-refractivity contribution is 6.06. The van der Waals surface area contributed by atoms with Crippen molar-refractivity contribution in [2.24, 2.45) is 0 Å². The maximum Gasteiger partial charge on any atom is 0.270 e. The van der Waals surface area contributed by atoms with E-state index in [4.69, 9.17) is 0 Å². The van der Waals surface area contributed by atoms with Crippen LogP contribution in [0.3, 0.4) is 0 Å². The molecule has 1 aliphatic rings. The first-order valence-corrected chi connectivity index (χ1v) is 7.72. The largest absolute Gasteiger partial charge is 0.305 e. The molecule has 1 aromatic carbocycles. The van der Waals surface area contributed by atoms with E-state index in [1.54, 1.807) is 30.5 Å². The topological polar surface area (TPSA) is 54.7 Å². The number of para-hydroxylation sites is 1. The molecule has 120 valence electrons. The van der Waals surface area contributed by atoms with E-state index >= 15 is 0 Å². The monoisotopic (exact) mass is 323 g/mol. The smallest absolute Gasteiger partial charge is 0.270 e. The van der Waals surface area contributed by atoms with E-state index in [1.807, 2.05) is 6.07 Å². The van der Waals surface area contributed by atoms with Gasteiger partial charge in [0.1, 0.15) is 17.0 Å². The number of anilines is 1. The molecule has 0 saturated carbocycles. The van der Waals surface area contributed by atoms with Crippen LogP contribution in [0.1, 0.15) is 22.3 Å². The lowest BCUT2D eigenvalue weighted by molar-refractivity contribution is 0.0982. The molecular weight excluding hydrogens is 309 g/mol. The molecule has 0 unspecified atom stereocenters. The van der Waals surface area contributed by atoms with Crippen LogP contribution >= 0.6 is 0 Å². The van der Waals surface area contributed by atoms with Crippen LogP contribution in [0.4, 0.5) is 10.1 Å². The molecule has 0 atom stereocenters. The molecule has 2 aromatic heterocycles. The lowest BCUT2D eigenvalue weighted by Gasteiger charge is -2.29. The van der Waals surface area contributed by atoms with Crippen LogP contribution in [0, 0.1) is 5.82 Å². The molecule has 3 aromatic rings. The highest BCUT2D eigenvalue weighted by Crippen LogP contribution is 2.30. The summed E-state index contributed by atoms with van der Waals surface area (Å²) in [6, 6.07) is 9.92. The highest BCUT2D eigenvalue weighted by atomic mass is 19.1. The van der Waals surface area contributed by atoms with Crippen LogP contribution in [-0.2, 0) is 6.42 Å². The molecule has 0 N–H and O–H groups in total. The Balaban J connectivity index is 1.84. The Labute approximate surface area is 137 Å². The Morgan fingerprint density at radius 1 is 1.17 bits per heavy atom. The average molecular weight is 323 g/mol. The molecule has 1 aliphatic heterocycles. The summed E-state index contributed by atoms with van der Waals surface area (Å²) in [5, 5.41) is 0. The van der Waals surface area contributed by atoms with Crippen LogP contribution in [0.2, 0.25) is 0 Å². The number of aryl methyl sites for hydroxylation is 1. The number of aromatic nitrogens is 2. The second-order valence-corrected chi connectivity index (χ2v) is 5.71. The van der Waals surface area contributed by atoms with Gasteiger partial charge in [-0.05, 0) is 36.6 Å². The maximum atomic E-state index is 14.3. The number of hydrogen-bond donors (Lipinski definition) is 0. The third-order valence-corrected chi connectivity index (χ3v) is 4.26. The molecular formula is C18H14FN3O2. The van der Waals surface area contributed by atoms with Gasteiger partial charge in [0.2, 0.25) is 0 Å². The first-order chi connectivity index (χ1) is 11.7. The van der Waals surface area contributed by atoms with Gasteiger partial charge in [0.05, 0.1) is 5.69 Å². The number of carbonyl (C=O) groups is 1. The fourth-order valence-corrected chi connectivity index (χ4v) is 3.13. The number of hydrogen-bond acceptors (Lipinski definition) is 3. The molecule has 6 heteroatoms. The molecule has 0 saturated heterocycles. The van der Waals surface area contributed by atoms with Gasteiger partial charge < -0.3 is 4.90 Å². The standard InChI is InChI=1S/C18H14FN3O2/c19-14-7-3-5-12-6-4-10-22(16(12)14)18(24)13-11-20-15-8-1-2-9-21(15)17(13)23/h1-3,5,7-9,11H,4,6,10H2. The van der Waals surface area contributed by atoms with Gasteiger partial charge in [-0.1, -0.05) is 18.2 Å². The van der Waals surface area contributed by atoms with Gasteiger partial charge in [-0.25, -0.2) is 9.37 Å². The number of nitrogens with zero attached hydrogens (tertiary/aromatic N) is 3. The molecule has 4 rings (SSSR count). The normalized spacial score (nSPS) is 13.8. The van der Waals surface area contributed by atoms with E-state index in [1.165, 1.54) is 21.6 Å². The van der Waals surface area contributed by atoms with E-state index in [-0.39, 0.29) is 11.3 Å². The van der Waals surface area contributed by atoms with Crippen molar-refractivity contribution in [3.8, 4) is 0 Å². The predicted octanol–water partition coefficient (Wildman–Crippen LogP) is 2.43. The zero-order valence-electron chi connectivity index (χ0n) is 12.8. The molecule has 0 radical (unpaired) electrons. The quantitative estimate of drug-likeness (QED) is 0.691. The van der Waals surface area contributed by atoms with Gasteiger partial charge >= 0.3 is 0 Å². The lowest BCUT2D eigenvalue weighted by atomic mass is 10.0. The van der Waals surface area contributed by atoms with Crippen molar-refractivity contribution in [2.75, 3.05) is 11.4 Å². The first-order valence-electron chi connectivity index (χ1n) is 7.72. The van der Waals surface area contributed by atoms with Crippen molar-refractivity contribution in [3.63, 3.8) is 0 Å². The minimum absolute atomic E-state index is 0.0604. The number of carbonyl (C=O) groups excluding carboxylic acids is 1. The van der Waals surface area contributed by atoms with E-state index in [9.17, 15) is 14.0 Å². The van der Waals surface area contributed by atoms with Gasteiger partial charge in [0.15, 0.2) is 0 Å². The number of fused-ring (bicyclic) bond motifs is 2. The fraction of sp³-hybridized carbons (Fsp3) is 0.167. The Morgan fingerprint density at radius 2 is 2.04 bits per heavy atom. The highest BCUT2D eigenvalue weighted by Gasteiger charge is 2.28. The van der Waals surface area contributed by atoms with E-state index in [2.05, 4.69) is 4.98 Å². The van der Waals surface area contributed by atoms with Gasteiger partial charge in [-0.2, -0.15) is 0 Å². The molecule has 24 heavy (non-hydrogen) atoms. The molecule has 1 amide bonds. The Hall–Kier alpha value is -3.02. The van der Waals surface area contributed by atoms with Crippen molar-refractivity contribution in [2.45, 2.75) is 12.8 Å². The number of rotatable bonds is 1. The summed E-state index contributed by atoms with van der Waals surface area (Å²) in [4.78, 5) is 31.0. The molecule has 5 nitrogen and oxygen atoms in total. The SMILES string of the molecule is O=C(c1cnc2ccccn2c1=O)N1CCCc2cccc(F)c21. The van der Waals surface area contributed by atoms with Gasteiger partial charge in [-0.15, -0.1) is 0 Å². The van der Waals surface area contributed by atoms with E-state index in [0.717, 1.165) is 12.0 Å². The summed E-state index contributed by atoms with van der Waals surface area (Å²) in [7, 11) is 0. The number of halogens is 1. The fourth-order valence-electron chi connectivity index (χ4n) is 3.13. The van der Waals surface area contributed by atoms with Crippen LogP contribution < -0.4 is 10.5 Å². The summed E-state index contributed by atoms with van der Waals surface area (Å²) in [6.45, 7) is 0.379. The van der Waals surface area contributed by atoms with Crippen molar-refractivity contribution in [1.82, 2.24) is 9.38 Å². The van der Waals surface area contributed by atoms with Gasteiger partial charge in [-0.3, -0.25) is 14.0 Å². The molecule has 0 fully saturated rings. The van der Waals surface area contributed by atoms with E-state index < -0.39 is 17.3 Å². The third-order valence-electron chi connectivity index (χ3n) is 4.26. The zero-order valence-corrected chi connectivity index (χ0v) is 12.8. The zero-order chi connectivity index (χ0) is 16.7. The van der Waals surface area contributed by atoms with Crippen LogP contribution in [0.5, 0.6) is 0 Å². The van der Waals surface area contributed by atoms with Crippen molar-refractivity contribution >= 4 is 17.2 Å². The second kappa shape index (κ2) is 5.56. The summed E-state index contributed by atoms with van der Waals surface area (Å²) >= 11 is 0. The average Bonchev–Trinajstić information content (AvgIpc) is 2.61. The minimum atomic E-state index is -0.517. The molecule has 3 heterocycles. The van der Waals surface area contributed by atoms with Gasteiger partial charge in [0, 0.05) is 18.9 Å².